The first-order chi connectivity index (χ1) is 13.6. The highest BCUT2D eigenvalue weighted by Gasteiger charge is 2.27. The monoisotopic (exact) mass is 379 g/mol. The highest BCUT2D eigenvalue weighted by Crippen LogP contribution is 2.27. The number of nitrogens with one attached hydrogen (secondary N) is 1. The molecule has 6 heteroatoms. The van der Waals surface area contributed by atoms with E-state index in [9.17, 15) is 9.59 Å². The Bertz CT molecular complexity index is 948. The van der Waals surface area contributed by atoms with Crippen LogP contribution in [0.3, 0.4) is 0 Å². The molecular weight excluding hydrogens is 358 g/mol. The van der Waals surface area contributed by atoms with Crippen molar-refractivity contribution in [2.45, 2.75) is 20.0 Å². The molecule has 0 saturated carbocycles. The number of aryl methyl sites for hydroxylation is 1. The van der Waals surface area contributed by atoms with E-state index in [4.69, 9.17) is 13.9 Å². The third-order valence-corrected chi connectivity index (χ3v) is 4.09. The van der Waals surface area contributed by atoms with Gasteiger partial charge in [0.2, 0.25) is 6.10 Å². The minimum absolute atomic E-state index is 0.281. The van der Waals surface area contributed by atoms with Crippen LogP contribution in [0.2, 0.25) is 0 Å². The maximum Gasteiger partial charge on any atom is 0.342 e. The zero-order chi connectivity index (χ0) is 19.9. The number of benzene rings is 2. The van der Waals surface area contributed by atoms with Crippen molar-refractivity contribution in [1.82, 2.24) is 0 Å². The molecule has 6 nitrogen and oxygen atoms in total. The highest BCUT2D eigenvalue weighted by molar-refractivity contribution is 5.99. The Morgan fingerprint density at radius 1 is 1.04 bits per heavy atom. The van der Waals surface area contributed by atoms with Crippen molar-refractivity contribution in [2.75, 3.05) is 11.9 Å². The lowest BCUT2D eigenvalue weighted by molar-refractivity contribution is -0.125. The van der Waals surface area contributed by atoms with E-state index in [1.165, 1.54) is 12.3 Å². The predicted molar refractivity (Wildman–Crippen MR) is 104 cm³/mol. The van der Waals surface area contributed by atoms with Gasteiger partial charge in [0.1, 0.15) is 17.1 Å². The average molecular weight is 379 g/mol. The normalized spacial score (nSPS) is 11.5. The molecule has 1 amide bonds. The van der Waals surface area contributed by atoms with Crippen LogP contribution in [-0.2, 0) is 9.53 Å². The molecule has 1 atom stereocenters. The van der Waals surface area contributed by atoms with Gasteiger partial charge in [-0.2, -0.15) is 0 Å². The van der Waals surface area contributed by atoms with Crippen LogP contribution in [0.4, 0.5) is 5.69 Å². The molecule has 1 N–H and O–H groups in total. The van der Waals surface area contributed by atoms with Crippen LogP contribution in [0, 0.1) is 6.92 Å². The van der Waals surface area contributed by atoms with Crippen LogP contribution in [0.25, 0.3) is 0 Å². The molecule has 2 aromatic carbocycles. The first kappa shape index (κ1) is 19.2. The Balaban J connectivity index is 1.86. The van der Waals surface area contributed by atoms with Gasteiger partial charge in [-0.1, -0.05) is 42.5 Å². The van der Waals surface area contributed by atoms with E-state index in [1.54, 1.807) is 49.4 Å². The van der Waals surface area contributed by atoms with Gasteiger partial charge in [-0.15, -0.1) is 0 Å². The second-order valence-electron chi connectivity index (χ2n) is 6.00. The molecule has 0 spiro atoms. The first-order valence-electron chi connectivity index (χ1n) is 8.93. The number of para-hydroxylation sites is 2. The van der Waals surface area contributed by atoms with Crippen LogP contribution in [0.1, 0.15) is 34.7 Å². The number of ether oxygens (including phenoxy) is 2. The summed E-state index contributed by atoms with van der Waals surface area (Å²) in [4.78, 5) is 25.5. The lowest BCUT2D eigenvalue weighted by atomic mass is 10.1. The summed E-state index contributed by atoms with van der Waals surface area (Å²) in [7, 11) is 0. The molecule has 1 heterocycles. The molecule has 3 rings (SSSR count). The van der Waals surface area contributed by atoms with Crippen LogP contribution >= 0.6 is 0 Å². The molecule has 0 fully saturated rings. The van der Waals surface area contributed by atoms with Gasteiger partial charge >= 0.3 is 5.97 Å². The molecule has 0 saturated heterocycles. The van der Waals surface area contributed by atoms with E-state index >= 15 is 0 Å². The average Bonchev–Trinajstić information content (AvgIpc) is 3.14. The van der Waals surface area contributed by atoms with E-state index in [-0.39, 0.29) is 5.56 Å². The molecule has 1 aromatic heterocycles. The topological polar surface area (TPSA) is 77.8 Å². The predicted octanol–water partition coefficient (Wildman–Crippen LogP) is 4.52. The van der Waals surface area contributed by atoms with Gasteiger partial charge < -0.3 is 19.2 Å². The van der Waals surface area contributed by atoms with Gasteiger partial charge in [0, 0.05) is 5.56 Å². The number of esters is 1. The summed E-state index contributed by atoms with van der Waals surface area (Å²) < 4.78 is 16.2. The summed E-state index contributed by atoms with van der Waals surface area (Å²) in [5.41, 5.74) is 1.35. The summed E-state index contributed by atoms with van der Waals surface area (Å²) in [5.74, 6) is -0.137. The van der Waals surface area contributed by atoms with Crippen LogP contribution in [0.5, 0.6) is 5.75 Å². The molecule has 28 heavy (non-hydrogen) atoms. The maximum atomic E-state index is 13.0. The van der Waals surface area contributed by atoms with E-state index in [2.05, 4.69) is 5.32 Å². The van der Waals surface area contributed by atoms with Crippen molar-refractivity contribution in [3.05, 3.63) is 83.8 Å². The fraction of sp³-hybridized carbons (Fsp3) is 0.182. The van der Waals surface area contributed by atoms with Crippen LogP contribution < -0.4 is 10.1 Å². The Morgan fingerprint density at radius 2 is 1.75 bits per heavy atom. The summed E-state index contributed by atoms with van der Waals surface area (Å²) >= 11 is 0. The van der Waals surface area contributed by atoms with Crippen molar-refractivity contribution >= 4 is 17.6 Å². The van der Waals surface area contributed by atoms with Crippen molar-refractivity contribution in [3.8, 4) is 5.75 Å². The Kier molecular flexibility index (Phi) is 6.11. The standard InChI is InChI=1S/C22H21NO5/c1-3-26-19-12-8-7-11-18(19)23-21(24)20(16-9-5-4-6-10-16)28-22(25)17-13-14-27-15(17)2/h4-14,20H,3H2,1-2H3,(H,23,24)/t20-/m1/s1. The SMILES string of the molecule is CCOc1ccccc1NC(=O)[C@H](OC(=O)c1ccoc1C)c1ccccc1. The Labute approximate surface area is 163 Å². The molecule has 144 valence electrons. The van der Waals surface area contributed by atoms with Gasteiger partial charge in [-0.25, -0.2) is 4.79 Å². The number of anilines is 1. The number of carbonyl (C=O) groups is 2. The lowest BCUT2D eigenvalue weighted by Gasteiger charge is -2.19. The molecule has 3 aromatic rings. The molecular formula is C22H21NO5. The second-order valence-corrected chi connectivity index (χ2v) is 6.00. The Hall–Kier alpha value is -3.54. The van der Waals surface area contributed by atoms with Gasteiger partial charge in [-0.05, 0) is 32.0 Å². The highest BCUT2D eigenvalue weighted by atomic mass is 16.5. The van der Waals surface area contributed by atoms with Gasteiger partial charge in [-0.3, -0.25) is 4.79 Å². The van der Waals surface area contributed by atoms with E-state index in [1.807, 2.05) is 19.1 Å². The zero-order valence-electron chi connectivity index (χ0n) is 15.7. The third kappa shape index (κ3) is 4.40. The largest absolute Gasteiger partial charge is 0.492 e. The fourth-order valence-corrected chi connectivity index (χ4v) is 2.72. The number of amides is 1. The smallest absolute Gasteiger partial charge is 0.342 e. The molecule has 0 radical (unpaired) electrons. The number of hydrogen-bond acceptors (Lipinski definition) is 5. The van der Waals surface area contributed by atoms with Crippen molar-refractivity contribution in [1.29, 1.82) is 0 Å². The number of furan rings is 1. The van der Waals surface area contributed by atoms with Crippen LogP contribution in [0.15, 0.2) is 71.3 Å². The maximum absolute atomic E-state index is 13.0. The van der Waals surface area contributed by atoms with Crippen molar-refractivity contribution in [2.24, 2.45) is 0 Å². The van der Waals surface area contributed by atoms with Crippen LogP contribution in [-0.4, -0.2) is 18.5 Å². The van der Waals surface area contributed by atoms with E-state index in [0.29, 0.717) is 29.4 Å². The lowest BCUT2D eigenvalue weighted by Crippen LogP contribution is -2.26. The summed E-state index contributed by atoms with van der Waals surface area (Å²) in [6.07, 6.45) is 0.277. The quantitative estimate of drug-likeness (QED) is 0.611. The number of hydrogen-bond donors (Lipinski definition) is 1. The molecule has 0 unspecified atom stereocenters. The Morgan fingerprint density at radius 3 is 2.43 bits per heavy atom. The number of rotatable bonds is 7. The second kappa shape index (κ2) is 8.90. The van der Waals surface area contributed by atoms with E-state index < -0.39 is 18.0 Å². The minimum Gasteiger partial charge on any atom is -0.492 e. The number of carbonyl (C=O) groups excluding carboxylic acids is 2. The molecule has 0 aliphatic rings. The summed E-state index contributed by atoms with van der Waals surface area (Å²) in [6, 6.07) is 17.5. The van der Waals surface area contributed by atoms with Gasteiger partial charge in [0.05, 0.1) is 18.6 Å². The molecule has 0 aliphatic carbocycles. The molecule has 0 bridgehead atoms. The third-order valence-electron chi connectivity index (χ3n) is 4.09. The first-order valence-corrected chi connectivity index (χ1v) is 8.93. The summed E-state index contributed by atoms with van der Waals surface area (Å²) in [5, 5.41) is 2.79. The molecule has 0 aliphatic heterocycles. The zero-order valence-corrected chi connectivity index (χ0v) is 15.7. The summed E-state index contributed by atoms with van der Waals surface area (Å²) in [6.45, 7) is 3.98. The van der Waals surface area contributed by atoms with E-state index in [0.717, 1.165) is 0 Å². The van der Waals surface area contributed by atoms with Crippen molar-refractivity contribution in [3.63, 3.8) is 0 Å². The van der Waals surface area contributed by atoms with Crippen molar-refractivity contribution < 1.29 is 23.5 Å². The fourth-order valence-electron chi connectivity index (χ4n) is 2.72. The van der Waals surface area contributed by atoms with Gasteiger partial charge in [0.25, 0.3) is 5.91 Å². The minimum atomic E-state index is -1.13. The van der Waals surface area contributed by atoms with Gasteiger partial charge in [0.15, 0.2) is 0 Å².